The van der Waals surface area contributed by atoms with Gasteiger partial charge < -0.3 is 25.3 Å². The van der Waals surface area contributed by atoms with Crippen LogP contribution in [0.25, 0.3) is 0 Å². The number of carbonyl (C=O) groups excluding carboxylic acids is 3. The monoisotopic (exact) mass is 556 g/mol. The number of ketones is 1. The summed E-state index contributed by atoms with van der Waals surface area (Å²) in [5.74, 6) is -3.59. The van der Waals surface area contributed by atoms with Crippen molar-refractivity contribution in [2.75, 3.05) is 24.7 Å². The number of anilines is 2. The van der Waals surface area contributed by atoms with Crippen LogP contribution in [0.4, 0.5) is 16.2 Å². The van der Waals surface area contributed by atoms with Gasteiger partial charge in [0.05, 0.1) is 29.3 Å². The topological polar surface area (TPSA) is 167 Å². The van der Waals surface area contributed by atoms with E-state index in [2.05, 4.69) is 25.9 Å². The Morgan fingerprint density at radius 2 is 1.59 bits per heavy atom. The molecule has 1 amide bonds. The Morgan fingerprint density at radius 1 is 0.973 bits per heavy atom. The summed E-state index contributed by atoms with van der Waals surface area (Å²) >= 11 is 11.9. The molecule has 0 radical (unpaired) electrons. The number of nitrogens with two attached hydrogens (primary N) is 1. The van der Waals surface area contributed by atoms with Crippen molar-refractivity contribution in [3.05, 3.63) is 46.0 Å². The van der Waals surface area contributed by atoms with Gasteiger partial charge in [0.2, 0.25) is 5.78 Å². The fourth-order valence-electron chi connectivity index (χ4n) is 2.93. The summed E-state index contributed by atoms with van der Waals surface area (Å²) in [5.41, 5.74) is 6.46. The van der Waals surface area contributed by atoms with E-state index in [1.165, 1.54) is 26.2 Å². The highest BCUT2D eigenvalue weighted by molar-refractivity contribution is 6.29. The third-order valence-corrected chi connectivity index (χ3v) is 5.03. The smallest absolute Gasteiger partial charge is 0.412 e. The second-order valence-corrected chi connectivity index (χ2v) is 9.51. The molecule has 0 saturated heterocycles. The molecular weight excluding hydrogens is 527 g/mol. The Morgan fingerprint density at radius 3 is 2.19 bits per heavy atom. The molecular formula is C23H30Cl2N6O6. The molecule has 5 N–H and O–H groups in total. The Kier molecular flexibility index (Phi) is 10.6. The van der Waals surface area contributed by atoms with Gasteiger partial charge in [-0.1, -0.05) is 23.2 Å². The van der Waals surface area contributed by atoms with Gasteiger partial charge in [0.25, 0.3) is 0 Å². The number of nitrogens with zero attached hydrogens (tertiary/aromatic N) is 2. The SMILES string of the molecule is COC(NCc1nc(Cl)ccc1NC(=O)OC(C)(C)C)(OC(=O)CNCc1nc(Cl)ccc1N)C(C)=O. The van der Waals surface area contributed by atoms with Gasteiger partial charge in [-0.2, -0.15) is 0 Å². The largest absolute Gasteiger partial charge is 0.444 e. The van der Waals surface area contributed by atoms with Crippen LogP contribution < -0.4 is 21.7 Å². The molecule has 0 aliphatic heterocycles. The predicted octanol–water partition coefficient (Wildman–Crippen LogP) is 3.02. The summed E-state index contributed by atoms with van der Waals surface area (Å²) in [6.45, 7) is 5.99. The number of aromatic nitrogens is 2. The van der Waals surface area contributed by atoms with Crippen molar-refractivity contribution in [3.63, 3.8) is 0 Å². The molecule has 14 heteroatoms. The molecule has 0 aromatic carbocycles. The van der Waals surface area contributed by atoms with Gasteiger partial charge in [-0.25, -0.2) is 20.1 Å². The highest BCUT2D eigenvalue weighted by atomic mass is 35.5. The van der Waals surface area contributed by atoms with E-state index in [4.69, 9.17) is 43.1 Å². The van der Waals surface area contributed by atoms with Crippen molar-refractivity contribution >= 4 is 52.4 Å². The zero-order valence-electron chi connectivity index (χ0n) is 21.1. The first-order chi connectivity index (χ1) is 17.2. The number of carbonyl (C=O) groups is 3. The van der Waals surface area contributed by atoms with E-state index in [1.807, 2.05) is 0 Å². The summed E-state index contributed by atoms with van der Waals surface area (Å²) in [6.07, 6.45) is -0.713. The van der Waals surface area contributed by atoms with Crippen LogP contribution in [-0.2, 0) is 36.9 Å². The standard InChI is InChI=1S/C23H30Cl2N6O6/c1-13(32)23(35-5,36-20(33)12-27-10-16-14(26)6-8-18(24)29-16)28-11-17-15(7-9-19(25)30-17)31-21(34)37-22(2,3)4/h6-9,27-28H,10-12,26H2,1-5H3,(H,31,34). The van der Waals surface area contributed by atoms with E-state index in [-0.39, 0.29) is 41.3 Å². The van der Waals surface area contributed by atoms with Crippen molar-refractivity contribution in [2.45, 2.75) is 52.3 Å². The molecule has 0 aliphatic carbocycles. The first-order valence-corrected chi connectivity index (χ1v) is 11.8. The number of nitrogens with one attached hydrogen (secondary N) is 3. The average Bonchev–Trinajstić information content (AvgIpc) is 2.79. The number of Topliss-reactive ketones (excluding diaryl/α,β-unsaturated/α-hetero) is 1. The lowest BCUT2D eigenvalue weighted by Gasteiger charge is -2.30. The van der Waals surface area contributed by atoms with Gasteiger partial charge in [0.1, 0.15) is 15.9 Å². The number of pyridine rings is 2. The Labute approximate surface area is 224 Å². The summed E-state index contributed by atoms with van der Waals surface area (Å²) < 4.78 is 15.9. The number of esters is 1. The van der Waals surface area contributed by atoms with E-state index < -0.39 is 29.4 Å². The number of hydrogen-bond donors (Lipinski definition) is 4. The molecule has 2 rings (SSSR count). The highest BCUT2D eigenvalue weighted by Gasteiger charge is 2.40. The van der Waals surface area contributed by atoms with Crippen LogP contribution >= 0.6 is 23.2 Å². The Bertz CT molecular complexity index is 1140. The van der Waals surface area contributed by atoms with Crippen molar-refractivity contribution in [3.8, 4) is 0 Å². The number of methoxy groups -OCH3 is 1. The lowest BCUT2D eigenvalue weighted by molar-refractivity contribution is -0.229. The van der Waals surface area contributed by atoms with Gasteiger partial charge in [-0.15, -0.1) is 0 Å². The molecule has 0 bridgehead atoms. The van der Waals surface area contributed by atoms with E-state index in [0.29, 0.717) is 11.4 Å². The Hall–Kier alpha value is -3.03. The van der Waals surface area contributed by atoms with Crippen molar-refractivity contribution < 1.29 is 28.6 Å². The summed E-state index contributed by atoms with van der Waals surface area (Å²) in [7, 11) is 1.19. The third kappa shape index (κ3) is 9.41. The maximum Gasteiger partial charge on any atom is 0.412 e. The highest BCUT2D eigenvalue weighted by Crippen LogP contribution is 2.20. The van der Waals surface area contributed by atoms with E-state index in [0.717, 1.165) is 0 Å². The zero-order chi connectivity index (χ0) is 27.8. The number of amides is 1. The quantitative estimate of drug-likeness (QED) is 0.182. The first kappa shape index (κ1) is 30.2. The molecule has 2 aromatic rings. The molecule has 37 heavy (non-hydrogen) atoms. The second kappa shape index (κ2) is 13.0. The molecule has 0 aliphatic rings. The van der Waals surface area contributed by atoms with Crippen molar-refractivity contribution in [1.29, 1.82) is 0 Å². The minimum absolute atomic E-state index is 0.126. The first-order valence-electron chi connectivity index (χ1n) is 11.0. The van der Waals surface area contributed by atoms with Crippen LogP contribution in [0.3, 0.4) is 0 Å². The predicted molar refractivity (Wildman–Crippen MR) is 138 cm³/mol. The molecule has 1 unspecified atom stereocenters. The molecule has 202 valence electrons. The van der Waals surface area contributed by atoms with Gasteiger partial charge in [0, 0.05) is 27.1 Å². The summed E-state index contributed by atoms with van der Waals surface area (Å²) in [6, 6.07) is 6.13. The maximum absolute atomic E-state index is 12.5. The summed E-state index contributed by atoms with van der Waals surface area (Å²) in [4.78, 5) is 45.5. The Balaban J connectivity index is 2.09. The van der Waals surface area contributed by atoms with Gasteiger partial charge >= 0.3 is 18.0 Å². The lowest BCUT2D eigenvalue weighted by Crippen LogP contribution is -2.56. The molecule has 2 heterocycles. The van der Waals surface area contributed by atoms with E-state index in [1.54, 1.807) is 32.9 Å². The van der Waals surface area contributed by atoms with Crippen LogP contribution in [0.15, 0.2) is 24.3 Å². The second-order valence-electron chi connectivity index (χ2n) is 8.73. The van der Waals surface area contributed by atoms with Gasteiger partial charge in [0.15, 0.2) is 0 Å². The van der Waals surface area contributed by atoms with E-state index in [9.17, 15) is 14.4 Å². The minimum Gasteiger partial charge on any atom is -0.444 e. The van der Waals surface area contributed by atoms with E-state index >= 15 is 0 Å². The number of nitrogen functional groups attached to an aromatic ring is 1. The number of ether oxygens (including phenoxy) is 3. The van der Waals surface area contributed by atoms with Crippen LogP contribution in [0.2, 0.25) is 10.3 Å². The number of hydrogen-bond acceptors (Lipinski definition) is 11. The molecule has 1 atom stereocenters. The normalized spacial score (nSPS) is 12.9. The third-order valence-electron chi connectivity index (χ3n) is 4.61. The van der Waals surface area contributed by atoms with Crippen LogP contribution in [0, 0.1) is 0 Å². The van der Waals surface area contributed by atoms with Gasteiger partial charge in [-0.3, -0.25) is 14.9 Å². The number of rotatable bonds is 11. The molecule has 0 saturated carbocycles. The zero-order valence-corrected chi connectivity index (χ0v) is 22.6. The molecule has 0 fully saturated rings. The number of halogens is 2. The fraction of sp³-hybridized carbons (Fsp3) is 0.435. The van der Waals surface area contributed by atoms with Crippen molar-refractivity contribution in [1.82, 2.24) is 20.6 Å². The van der Waals surface area contributed by atoms with Gasteiger partial charge in [-0.05, 0) is 45.0 Å². The maximum atomic E-state index is 12.5. The molecule has 12 nitrogen and oxygen atoms in total. The van der Waals surface area contributed by atoms with Crippen molar-refractivity contribution in [2.24, 2.45) is 0 Å². The fourth-order valence-corrected chi connectivity index (χ4v) is 3.26. The van der Waals surface area contributed by atoms with Crippen LogP contribution in [0.1, 0.15) is 39.1 Å². The van der Waals surface area contributed by atoms with Crippen LogP contribution in [0.5, 0.6) is 0 Å². The lowest BCUT2D eigenvalue weighted by atomic mass is 10.2. The minimum atomic E-state index is -2.14. The summed E-state index contributed by atoms with van der Waals surface area (Å²) in [5, 5.41) is 8.53. The average molecular weight is 557 g/mol. The van der Waals surface area contributed by atoms with Crippen LogP contribution in [-0.4, -0.2) is 53.0 Å². The molecule has 2 aromatic heterocycles. The molecule has 0 spiro atoms.